The Balaban J connectivity index is 2.11. The van der Waals surface area contributed by atoms with Gasteiger partial charge in [-0.3, -0.25) is 9.52 Å². The van der Waals surface area contributed by atoms with Crippen LogP contribution in [0.4, 0.5) is 5.13 Å². The molecule has 0 aliphatic carbocycles. The average Bonchev–Trinajstić information content (AvgIpc) is 2.99. The molecule has 0 saturated heterocycles. The van der Waals surface area contributed by atoms with Crippen LogP contribution in [0.3, 0.4) is 0 Å². The Labute approximate surface area is 160 Å². The fraction of sp³-hybridized carbons (Fsp3) is 0.250. The van der Waals surface area contributed by atoms with E-state index < -0.39 is 16.0 Å². The normalized spacial score (nSPS) is 11.1. The Bertz CT molecular complexity index is 840. The Morgan fingerprint density at radius 1 is 1.38 bits per heavy atom. The first-order valence-electron chi connectivity index (χ1n) is 6.25. The molecule has 1 aromatic carbocycles. The Morgan fingerprint density at radius 2 is 2.12 bits per heavy atom. The van der Waals surface area contributed by atoms with Crippen LogP contribution in [0.1, 0.15) is 0 Å². The zero-order valence-corrected chi connectivity index (χ0v) is 17.1. The van der Waals surface area contributed by atoms with Crippen molar-refractivity contribution >= 4 is 66.8 Å². The second-order valence-corrected chi connectivity index (χ2v) is 9.18. The van der Waals surface area contributed by atoms with Gasteiger partial charge in [-0.1, -0.05) is 23.1 Å². The van der Waals surface area contributed by atoms with E-state index in [0.717, 1.165) is 23.1 Å². The smallest absolute Gasteiger partial charge is 0.316 e. The van der Waals surface area contributed by atoms with Gasteiger partial charge in [-0.05, 0) is 40.8 Å². The van der Waals surface area contributed by atoms with Crippen LogP contribution in [-0.4, -0.2) is 44.6 Å². The maximum Gasteiger partial charge on any atom is 0.316 e. The molecule has 2 aromatic rings. The first kappa shape index (κ1) is 19.2. The number of hydrogen-bond donors (Lipinski definition) is 1. The van der Waals surface area contributed by atoms with Crippen molar-refractivity contribution in [1.82, 2.24) is 10.2 Å². The molecule has 1 N–H and O–H groups in total. The van der Waals surface area contributed by atoms with Gasteiger partial charge in [0.25, 0.3) is 10.0 Å². The van der Waals surface area contributed by atoms with Gasteiger partial charge in [-0.15, -0.1) is 10.2 Å². The van der Waals surface area contributed by atoms with E-state index >= 15 is 0 Å². The molecule has 1 aromatic heterocycles. The number of sulfonamides is 1. The number of nitrogens with zero attached hydrogens (tertiary/aromatic N) is 2. The lowest BCUT2D eigenvalue weighted by Gasteiger charge is -2.07. The van der Waals surface area contributed by atoms with Crippen molar-refractivity contribution in [3.05, 3.63) is 21.8 Å². The molecule has 0 fully saturated rings. The standard InChI is InChI=1S/C12H12IN3O5S3/c1-20-9-4-3-7(5-8(9)13)24(18,19)16-11-14-15-12(23-11)22-6-10(17)21-2/h3-5H,6H2,1-2H3,(H,14,16). The number of carbonyl (C=O) groups excluding carboxylic acids is 1. The van der Waals surface area contributed by atoms with Gasteiger partial charge >= 0.3 is 5.97 Å². The van der Waals surface area contributed by atoms with Crippen LogP contribution in [0, 0.1) is 3.57 Å². The van der Waals surface area contributed by atoms with E-state index in [9.17, 15) is 13.2 Å². The lowest BCUT2D eigenvalue weighted by molar-refractivity contribution is -0.137. The van der Waals surface area contributed by atoms with Crippen molar-refractivity contribution in [1.29, 1.82) is 0 Å². The number of hydrogen-bond acceptors (Lipinski definition) is 9. The molecule has 0 aliphatic heterocycles. The minimum atomic E-state index is -3.79. The SMILES string of the molecule is COC(=O)CSc1nnc(NS(=O)(=O)c2ccc(OC)c(I)c2)s1. The highest BCUT2D eigenvalue weighted by atomic mass is 127. The summed E-state index contributed by atoms with van der Waals surface area (Å²) in [4.78, 5) is 11.2. The molecular weight excluding hydrogens is 489 g/mol. The molecule has 8 nitrogen and oxygen atoms in total. The van der Waals surface area contributed by atoms with Crippen LogP contribution in [0.5, 0.6) is 5.75 Å². The van der Waals surface area contributed by atoms with Crippen LogP contribution in [0.15, 0.2) is 27.4 Å². The maximum absolute atomic E-state index is 12.4. The van der Waals surface area contributed by atoms with Crippen molar-refractivity contribution in [2.75, 3.05) is 24.7 Å². The fourth-order valence-corrected chi connectivity index (χ4v) is 5.26. The summed E-state index contributed by atoms with van der Waals surface area (Å²) in [5.74, 6) is 0.270. The van der Waals surface area contributed by atoms with Crippen molar-refractivity contribution in [3.63, 3.8) is 0 Å². The van der Waals surface area contributed by atoms with Crippen LogP contribution in [0.2, 0.25) is 0 Å². The van der Waals surface area contributed by atoms with E-state index in [1.807, 2.05) is 22.6 Å². The third-order valence-corrected chi connectivity index (χ3v) is 6.86. The van der Waals surface area contributed by atoms with E-state index in [0.29, 0.717) is 13.7 Å². The van der Waals surface area contributed by atoms with Gasteiger partial charge in [0.05, 0.1) is 28.4 Å². The lowest BCUT2D eigenvalue weighted by Crippen LogP contribution is -2.13. The van der Waals surface area contributed by atoms with Crippen molar-refractivity contribution in [3.8, 4) is 5.75 Å². The monoisotopic (exact) mass is 501 g/mol. The number of rotatable bonds is 7. The highest BCUT2D eigenvalue weighted by Crippen LogP contribution is 2.28. The zero-order valence-electron chi connectivity index (χ0n) is 12.5. The van der Waals surface area contributed by atoms with Gasteiger partial charge in [0.15, 0.2) is 4.34 Å². The quantitative estimate of drug-likeness (QED) is 0.350. The molecule has 130 valence electrons. The molecule has 0 radical (unpaired) electrons. The van der Waals surface area contributed by atoms with Gasteiger partial charge in [0.1, 0.15) is 5.75 Å². The predicted octanol–water partition coefficient (Wildman–Crippen LogP) is 2.22. The number of nitrogens with one attached hydrogen (secondary N) is 1. The second-order valence-electron chi connectivity index (χ2n) is 4.14. The first-order chi connectivity index (χ1) is 11.4. The third kappa shape index (κ3) is 4.94. The van der Waals surface area contributed by atoms with Crippen molar-refractivity contribution in [2.24, 2.45) is 0 Å². The highest BCUT2D eigenvalue weighted by Gasteiger charge is 2.18. The van der Waals surface area contributed by atoms with Crippen LogP contribution in [-0.2, 0) is 19.6 Å². The zero-order chi connectivity index (χ0) is 17.7. The highest BCUT2D eigenvalue weighted by molar-refractivity contribution is 14.1. The number of halogens is 1. The van der Waals surface area contributed by atoms with Gasteiger partial charge in [0.2, 0.25) is 5.13 Å². The maximum atomic E-state index is 12.4. The van der Waals surface area contributed by atoms with E-state index in [1.54, 1.807) is 6.07 Å². The topological polar surface area (TPSA) is 107 Å². The summed E-state index contributed by atoms with van der Waals surface area (Å²) in [6.45, 7) is 0. The Kier molecular flexibility index (Phi) is 6.65. The summed E-state index contributed by atoms with van der Waals surface area (Å²) in [5, 5.41) is 7.70. The number of aromatic nitrogens is 2. The molecular formula is C12H12IN3O5S3. The summed E-state index contributed by atoms with van der Waals surface area (Å²) in [5.41, 5.74) is 0. The second kappa shape index (κ2) is 8.31. The number of methoxy groups -OCH3 is 2. The summed E-state index contributed by atoms with van der Waals surface area (Å²) >= 11 is 4.15. The number of carbonyl (C=O) groups is 1. The minimum absolute atomic E-state index is 0.0779. The molecule has 0 saturated carbocycles. The molecule has 0 atom stereocenters. The third-order valence-electron chi connectivity index (χ3n) is 2.60. The van der Waals surface area contributed by atoms with Crippen LogP contribution >= 0.6 is 45.7 Å². The predicted molar refractivity (Wildman–Crippen MR) is 99.2 cm³/mol. The van der Waals surface area contributed by atoms with E-state index in [-0.39, 0.29) is 15.8 Å². The van der Waals surface area contributed by atoms with Gasteiger partial charge in [-0.25, -0.2) is 8.42 Å². The van der Waals surface area contributed by atoms with Crippen molar-refractivity contribution < 1.29 is 22.7 Å². The van der Waals surface area contributed by atoms with E-state index in [2.05, 4.69) is 19.7 Å². The molecule has 0 amide bonds. The summed E-state index contributed by atoms with van der Waals surface area (Å²) in [6, 6.07) is 4.51. The molecule has 12 heteroatoms. The molecule has 1 heterocycles. The summed E-state index contributed by atoms with van der Waals surface area (Å²) in [6.07, 6.45) is 0. The van der Waals surface area contributed by atoms with E-state index in [1.165, 1.54) is 26.4 Å². The minimum Gasteiger partial charge on any atom is -0.496 e. The molecule has 24 heavy (non-hydrogen) atoms. The van der Waals surface area contributed by atoms with Gasteiger partial charge < -0.3 is 9.47 Å². The van der Waals surface area contributed by atoms with Gasteiger partial charge in [0, 0.05) is 0 Å². The number of ether oxygens (including phenoxy) is 2. The molecule has 0 aliphatic rings. The Hall–Kier alpha value is -1.12. The number of esters is 1. The number of anilines is 1. The molecule has 0 bridgehead atoms. The molecule has 0 unspecified atom stereocenters. The fourth-order valence-electron chi connectivity index (χ4n) is 1.48. The number of thioether (sulfide) groups is 1. The average molecular weight is 501 g/mol. The molecule has 0 spiro atoms. The molecule has 2 rings (SSSR count). The van der Waals surface area contributed by atoms with Crippen molar-refractivity contribution in [2.45, 2.75) is 9.24 Å². The van der Waals surface area contributed by atoms with Gasteiger partial charge in [-0.2, -0.15) is 0 Å². The van der Waals surface area contributed by atoms with Crippen LogP contribution < -0.4 is 9.46 Å². The first-order valence-corrected chi connectivity index (χ1v) is 10.6. The van der Waals surface area contributed by atoms with Crippen LogP contribution in [0.25, 0.3) is 0 Å². The summed E-state index contributed by atoms with van der Waals surface area (Å²) in [7, 11) is -0.984. The van der Waals surface area contributed by atoms with E-state index in [4.69, 9.17) is 4.74 Å². The summed E-state index contributed by atoms with van der Waals surface area (Å²) < 4.78 is 37.9. The largest absolute Gasteiger partial charge is 0.496 e. The number of benzene rings is 1. The Morgan fingerprint density at radius 3 is 2.75 bits per heavy atom. The lowest BCUT2D eigenvalue weighted by atomic mass is 10.3.